The summed E-state index contributed by atoms with van der Waals surface area (Å²) in [6, 6.07) is 5.57. The summed E-state index contributed by atoms with van der Waals surface area (Å²) in [7, 11) is 0. The van der Waals surface area contributed by atoms with Gasteiger partial charge in [0, 0.05) is 6.07 Å². The van der Waals surface area contributed by atoms with Gasteiger partial charge in [0.25, 0.3) is 0 Å². The minimum absolute atomic E-state index is 0.0789. The van der Waals surface area contributed by atoms with Gasteiger partial charge in [0.05, 0.1) is 12.2 Å². The van der Waals surface area contributed by atoms with Crippen LogP contribution in [0.2, 0.25) is 0 Å². The van der Waals surface area contributed by atoms with Crippen LogP contribution in [0.5, 0.6) is 35.3 Å². The zero-order valence-corrected chi connectivity index (χ0v) is 14.0. The van der Waals surface area contributed by atoms with Gasteiger partial charge in [0.15, 0.2) is 11.5 Å². The standard InChI is InChI=1S/C16H19N3O5/c1-9(2)22-14-17-15(23-10(3)4)19-16(18-14)24-11-5-6-12-13(7-11)21-8-20-12/h5-7,9-10H,8H2,1-4H3. The lowest BCUT2D eigenvalue weighted by Gasteiger charge is -2.12. The molecular weight excluding hydrogens is 314 g/mol. The van der Waals surface area contributed by atoms with Crippen LogP contribution in [-0.4, -0.2) is 34.0 Å². The van der Waals surface area contributed by atoms with E-state index >= 15 is 0 Å². The molecule has 24 heavy (non-hydrogen) atoms. The first-order valence-corrected chi connectivity index (χ1v) is 7.66. The molecule has 1 aliphatic rings. The largest absolute Gasteiger partial charge is 0.461 e. The molecule has 2 aromatic rings. The molecule has 0 aliphatic carbocycles. The lowest BCUT2D eigenvalue weighted by molar-refractivity contribution is 0.174. The van der Waals surface area contributed by atoms with Crippen molar-refractivity contribution in [3.8, 4) is 35.3 Å². The minimum Gasteiger partial charge on any atom is -0.461 e. The Kier molecular flexibility index (Phi) is 4.54. The van der Waals surface area contributed by atoms with Gasteiger partial charge in [-0.1, -0.05) is 0 Å². The van der Waals surface area contributed by atoms with Gasteiger partial charge >= 0.3 is 18.0 Å². The quantitative estimate of drug-likeness (QED) is 0.797. The van der Waals surface area contributed by atoms with Crippen molar-refractivity contribution in [2.24, 2.45) is 0 Å². The van der Waals surface area contributed by atoms with E-state index in [0.717, 1.165) is 0 Å². The Balaban J connectivity index is 1.85. The Morgan fingerprint density at radius 3 is 2.04 bits per heavy atom. The zero-order valence-electron chi connectivity index (χ0n) is 14.0. The third kappa shape index (κ3) is 3.95. The first-order chi connectivity index (χ1) is 11.5. The molecule has 0 spiro atoms. The van der Waals surface area contributed by atoms with Crippen LogP contribution in [0.4, 0.5) is 0 Å². The highest BCUT2D eigenvalue weighted by Gasteiger charge is 2.16. The average Bonchev–Trinajstić information content (AvgIpc) is 2.93. The van der Waals surface area contributed by atoms with Crippen LogP contribution in [-0.2, 0) is 0 Å². The Morgan fingerprint density at radius 1 is 0.833 bits per heavy atom. The van der Waals surface area contributed by atoms with Crippen molar-refractivity contribution in [2.75, 3.05) is 6.79 Å². The van der Waals surface area contributed by atoms with Gasteiger partial charge < -0.3 is 23.7 Å². The molecule has 0 atom stereocenters. The van der Waals surface area contributed by atoms with Gasteiger partial charge in [-0.3, -0.25) is 0 Å². The van der Waals surface area contributed by atoms with Crippen molar-refractivity contribution in [3.63, 3.8) is 0 Å². The second-order valence-electron chi connectivity index (χ2n) is 5.63. The lowest BCUT2D eigenvalue weighted by Crippen LogP contribution is -2.13. The van der Waals surface area contributed by atoms with Crippen molar-refractivity contribution < 1.29 is 23.7 Å². The van der Waals surface area contributed by atoms with Crippen molar-refractivity contribution in [1.29, 1.82) is 0 Å². The Bertz CT molecular complexity index is 693. The highest BCUT2D eigenvalue weighted by molar-refractivity contribution is 5.47. The monoisotopic (exact) mass is 333 g/mol. The summed E-state index contributed by atoms with van der Waals surface area (Å²) >= 11 is 0. The Labute approximate surface area is 139 Å². The molecule has 1 aromatic carbocycles. The van der Waals surface area contributed by atoms with E-state index in [2.05, 4.69) is 15.0 Å². The molecule has 0 radical (unpaired) electrons. The third-order valence-corrected chi connectivity index (χ3v) is 2.81. The van der Waals surface area contributed by atoms with Crippen molar-refractivity contribution >= 4 is 0 Å². The SMILES string of the molecule is CC(C)Oc1nc(Oc2ccc3c(c2)OCO3)nc(OC(C)C)n1. The topological polar surface area (TPSA) is 84.8 Å². The Hall–Kier alpha value is -2.77. The van der Waals surface area contributed by atoms with E-state index in [9.17, 15) is 0 Å². The van der Waals surface area contributed by atoms with Crippen LogP contribution in [0, 0.1) is 0 Å². The number of hydrogen-bond acceptors (Lipinski definition) is 8. The number of nitrogens with zero attached hydrogens (tertiary/aromatic N) is 3. The molecule has 3 rings (SSSR count). The molecule has 0 saturated carbocycles. The van der Waals surface area contributed by atoms with Crippen LogP contribution < -0.4 is 23.7 Å². The van der Waals surface area contributed by atoms with E-state index in [-0.39, 0.29) is 37.0 Å². The predicted molar refractivity (Wildman–Crippen MR) is 84.0 cm³/mol. The molecule has 128 valence electrons. The summed E-state index contributed by atoms with van der Waals surface area (Å²) in [5, 5.41) is 0. The van der Waals surface area contributed by atoms with Gasteiger partial charge in [0.2, 0.25) is 6.79 Å². The third-order valence-electron chi connectivity index (χ3n) is 2.81. The summed E-state index contributed by atoms with van der Waals surface area (Å²) in [4.78, 5) is 12.4. The molecule has 0 amide bonds. The Morgan fingerprint density at radius 2 is 1.42 bits per heavy atom. The number of rotatable bonds is 6. The first kappa shape index (κ1) is 16.1. The van der Waals surface area contributed by atoms with E-state index in [1.807, 2.05) is 27.7 Å². The van der Waals surface area contributed by atoms with Crippen LogP contribution in [0.1, 0.15) is 27.7 Å². The number of ether oxygens (including phenoxy) is 5. The van der Waals surface area contributed by atoms with E-state index in [4.69, 9.17) is 23.7 Å². The molecule has 0 fully saturated rings. The van der Waals surface area contributed by atoms with E-state index in [1.54, 1.807) is 18.2 Å². The van der Waals surface area contributed by atoms with Crippen molar-refractivity contribution in [1.82, 2.24) is 15.0 Å². The number of hydrogen-bond donors (Lipinski definition) is 0. The lowest BCUT2D eigenvalue weighted by atomic mass is 10.3. The van der Waals surface area contributed by atoms with Crippen LogP contribution in [0.15, 0.2) is 18.2 Å². The minimum atomic E-state index is -0.0855. The maximum atomic E-state index is 5.69. The molecule has 8 heteroatoms. The summed E-state index contributed by atoms with van der Waals surface area (Å²) < 4.78 is 27.3. The normalized spacial score (nSPS) is 12.6. The van der Waals surface area contributed by atoms with Crippen molar-refractivity contribution in [3.05, 3.63) is 18.2 Å². The average molecular weight is 333 g/mol. The summed E-state index contributed by atoms with van der Waals surface area (Å²) in [5.41, 5.74) is 0. The summed E-state index contributed by atoms with van der Waals surface area (Å²) in [6.07, 6.45) is -0.171. The van der Waals surface area contributed by atoms with E-state index in [0.29, 0.717) is 17.2 Å². The van der Waals surface area contributed by atoms with Gasteiger partial charge in [-0.15, -0.1) is 15.0 Å². The summed E-state index contributed by atoms with van der Waals surface area (Å²) in [6.45, 7) is 7.72. The highest BCUT2D eigenvalue weighted by Crippen LogP contribution is 2.36. The van der Waals surface area contributed by atoms with E-state index < -0.39 is 0 Å². The van der Waals surface area contributed by atoms with Gasteiger partial charge in [0.1, 0.15) is 5.75 Å². The second-order valence-corrected chi connectivity index (χ2v) is 5.63. The number of aromatic nitrogens is 3. The van der Waals surface area contributed by atoms with Gasteiger partial charge in [-0.2, -0.15) is 0 Å². The second kappa shape index (κ2) is 6.77. The predicted octanol–water partition coefficient (Wildman–Crippen LogP) is 2.97. The maximum absolute atomic E-state index is 5.69. The van der Waals surface area contributed by atoms with Crippen LogP contribution >= 0.6 is 0 Å². The fourth-order valence-electron chi connectivity index (χ4n) is 1.94. The van der Waals surface area contributed by atoms with Crippen molar-refractivity contribution in [2.45, 2.75) is 39.9 Å². The van der Waals surface area contributed by atoms with Crippen LogP contribution in [0.3, 0.4) is 0 Å². The van der Waals surface area contributed by atoms with E-state index in [1.165, 1.54) is 0 Å². The molecular formula is C16H19N3O5. The molecule has 0 unspecified atom stereocenters. The van der Waals surface area contributed by atoms with Gasteiger partial charge in [-0.05, 0) is 39.8 Å². The highest BCUT2D eigenvalue weighted by atomic mass is 16.7. The number of benzene rings is 1. The molecule has 1 aliphatic heterocycles. The molecule has 0 N–H and O–H groups in total. The fourth-order valence-corrected chi connectivity index (χ4v) is 1.94. The molecule has 0 saturated heterocycles. The first-order valence-electron chi connectivity index (χ1n) is 7.66. The number of fused-ring (bicyclic) bond motifs is 1. The smallest absolute Gasteiger partial charge is 0.331 e. The maximum Gasteiger partial charge on any atom is 0.331 e. The fraction of sp³-hybridized carbons (Fsp3) is 0.438. The molecule has 8 nitrogen and oxygen atoms in total. The molecule has 2 heterocycles. The molecule has 1 aromatic heterocycles. The molecule has 0 bridgehead atoms. The summed E-state index contributed by atoms with van der Waals surface area (Å²) in [5.74, 6) is 1.79. The zero-order chi connectivity index (χ0) is 17.1. The van der Waals surface area contributed by atoms with Crippen LogP contribution in [0.25, 0.3) is 0 Å². The van der Waals surface area contributed by atoms with Gasteiger partial charge in [-0.25, -0.2) is 0 Å².